The molecule has 0 radical (unpaired) electrons. The highest BCUT2D eigenvalue weighted by Crippen LogP contribution is 2.20. The van der Waals surface area contributed by atoms with Crippen LogP contribution >= 0.6 is 27.5 Å². The summed E-state index contributed by atoms with van der Waals surface area (Å²) in [6.45, 7) is 0. The number of hydrogen-bond acceptors (Lipinski definition) is 0. The second-order valence-electron chi connectivity index (χ2n) is 1.99. The minimum atomic E-state index is -0.728. The molecule has 0 aliphatic rings. The minimum Gasteiger partial charge on any atom is -0.207 e. The Kier molecular flexibility index (Phi) is 2.84. The van der Waals surface area contributed by atoms with Gasteiger partial charge in [-0.1, -0.05) is 27.5 Å². The molecule has 0 fully saturated rings. The molecule has 60 valence electrons. The van der Waals surface area contributed by atoms with Crippen LogP contribution in [0.15, 0.2) is 12.1 Å². The molecule has 0 saturated carbocycles. The largest absolute Gasteiger partial charge is 0.207 e. The first-order chi connectivity index (χ1) is 5.15. The number of benzene rings is 1. The SMILES string of the molecule is Fc1cc(F)c(CBr)cc1Cl. The third kappa shape index (κ3) is 1.91. The van der Waals surface area contributed by atoms with Crippen molar-refractivity contribution in [3.63, 3.8) is 0 Å². The first-order valence-electron chi connectivity index (χ1n) is 2.84. The van der Waals surface area contributed by atoms with Crippen LogP contribution in [0.1, 0.15) is 5.56 Å². The van der Waals surface area contributed by atoms with Crippen molar-refractivity contribution < 1.29 is 8.78 Å². The lowest BCUT2D eigenvalue weighted by Crippen LogP contribution is -1.88. The van der Waals surface area contributed by atoms with Gasteiger partial charge in [-0.25, -0.2) is 8.78 Å². The van der Waals surface area contributed by atoms with Gasteiger partial charge in [-0.3, -0.25) is 0 Å². The Morgan fingerprint density at radius 2 is 1.91 bits per heavy atom. The van der Waals surface area contributed by atoms with Gasteiger partial charge in [-0.05, 0) is 6.07 Å². The van der Waals surface area contributed by atoms with Crippen molar-refractivity contribution >= 4 is 27.5 Å². The highest BCUT2D eigenvalue weighted by molar-refractivity contribution is 9.08. The maximum absolute atomic E-state index is 12.7. The van der Waals surface area contributed by atoms with Crippen LogP contribution in [0, 0.1) is 11.6 Å². The van der Waals surface area contributed by atoms with E-state index in [0.717, 1.165) is 6.07 Å². The van der Waals surface area contributed by atoms with Gasteiger partial charge in [0.25, 0.3) is 0 Å². The molecule has 0 bridgehead atoms. The van der Waals surface area contributed by atoms with Gasteiger partial charge in [0.05, 0.1) is 5.02 Å². The highest BCUT2D eigenvalue weighted by Gasteiger charge is 2.06. The summed E-state index contributed by atoms with van der Waals surface area (Å²) in [5.41, 5.74) is 0.358. The number of hydrogen-bond donors (Lipinski definition) is 0. The van der Waals surface area contributed by atoms with Gasteiger partial charge in [-0.15, -0.1) is 0 Å². The van der Waals surface area contributed by atoms with Crippen LogP contribution in [0.25, 0.3) is 0 Å². The molecule has 0 atom stereocenters. The van der Waals surface area contributed by atoms with Gasteiger partial charge in [0.2, 0.25) is 0 Å². The van der Waals surface area contributed by atoms with E-state index in [1.54, 1.807) is 0 Å². The Morgan fingerprint density at radius 3 is 2.45 bits per heavy atom. The summed E-state index contributed by atoms with van der Waals surface area (Å²) in [4.78, 5) is 0. The standard InChI is InChI=1S/C7H4BrClF2/c8-3-4-1-5(9)7(11)2-6(4)10/h1-2H,3H2. The monoisotopic (exact) mass is 240 g/mol. The van der Waals surface area contributed by atoms with Gasteiger partial charge < -0.3 is 0 Å². The second-order valence-corrected chi connectivity index (χ2v) is 2.96. The van der Waals surface area contributed by atoms with E-state index in [2.05, 4.69) is 15.9 Å². The van der Waals surface area contributed by atoms with Crippen molar-refractivity contribution in [2.24, 2.45) is 0 Å². The van der Waals surface area contributed by atoms with Gasteiger partial charge in [-0.2, -0.15) is 0 Å². The van der Waals surface area contributed by atoms with E-state index in [-0.39, 0.29) is 5.02 Å². The molecule has 11 heavy (non-hydrogen) atoms. The minimum absolute atomic E-state index is 0.0548. The molecule has 0 aromatic heterocycles. The van der Waals surface area contributed by atoms with E-state index in [1.807, 2.05) is 0 Å². The van der Waals surface area contributed by atoms with Crippen LogP contribution in [0.4, 0.5) is 8.78 Å². The van der Waals surface area contributed by atoms with E-state index >= 15 is 0 Å². The van der Waals surface area contributed by atoms with E-state index in [1.165, 1.54) is 6.07 Å². The van der Waals surface area contributed by atoms with Crippen molar-refractivity contribution in [2.75, 3.05) is 0 Å². The number of alkyl halides is 1. The summed E-state index contributed by atoms with van der Waals surface area (Å²) in [6.07, 6.45) is 0. The molecule has 0 heterocycles. The lowest BCUT2D eigenvalue weighted by Gasteiger charge is -1.99. The predicted molar refractivity (Wildman–Crippen MR) is 44.0 cm³/mol. The van der Waals surface area contributed by atoms with Crippen molar-refractivity contribution in [3.05, 3.63) is 34.4 Å². The van der Waals surface area contributed by atoms with Crippen molar-refractivity contribution in [2.45, 2.75) is 5.33 Å². The van der Waals surface area contributed by atoms with Crippen LogP contribution in [0.5, 0.6) is 0 Å². The first kappa shape index (κ1) is 8.94. The summed E-state index contributed by atoms with van der Waals surface area (Å²) >= 11 is 8.45. The smallest absolute Gasteiger partial charge is 0.144 e. The third-order valence-corrected chi connectivity index (χ3v) is 2.13. The molecule has 4 heteroatoms. The van der Waals surface area contributed by atoms with Crippen molar-refractivity contribution in [1.29, 1.82) is 0 Å². The number of halogens is 4. The molecule has 0 nitrogen and oxygen atoms in total. The molecule has 0 saturated heterocycles. The lowest BCUT2D eigenvalue weighted by molar-refractivity contribution is 0.577. The maximum atomic E-state index is 12.7. The summed E-state index contributed by atoms with van der Waals surface area (Å²) < 4.78 is 25.2. The molecule has 0 N–H and O–H groups in total. The molecular weight excluding hydrogens is 237 g/mol. The van der Waals surface area contributed by atoms with Crippen LogP contribution in [-0.4, -0.2) is 0 Å². The Morgan fingerprint density at radius 1 is 1.27 bits per heavy atom. The zero-order valence-corrected chi connectivity index (χ0v) is 7.72. The quantitative estimate of drug-likeness (QED) is 0.521. The summed E-state index contributed by atoms with van der Waals surface area (Å²) in [5, 5.41) is 0.277. The van der Waals surface area contributed by atoms with Gasteiger partial charge in [0, 0.05) is 17.0 Å². The van der Waals surface area contributed by atoms with Crippen molar-refractivity contribution in [1.82, 2.24) is 0 Å². The topological polar surface area (TPSA) is 0 Å². The molecule has 0 unspecified atom stereocenters. The number of rotatable bonds is 1. The highest BCUT2D eigenvalue weighted by atomic mass is 79.9. The van der Waals surface area contributed by atoms with Gasteiger partial charge >= 0.3 is 0 Å². The normalized spacial score (nSPS) is 10.2. The third-order valence-electron chi connectivity index (χ3n) is 1.23. The zero-order valence-electron chi connectivity index (χ0n) is 5.37. The molecule has 0 amide bonds. The fraction of sp³-hybridized carbons (Fsp3) is 0.143. The van der Waals surface area contributed by atoms with Gasteiger partial charge in [0.15, 0.2) is 0 Å². The summed E-state index contributed by atoms with van der Waals surface area (Å²) in [5.74, 6) is -1.31. The Hall–Kier alpha value is -0.150. The van der Waals surface area contributed by atoms with Crippen molar-refractivity contribution in [3.8, 4) is 0 Å². The van der Waals surface area contributed by atoms with E-state index < -0.39 is 11.6 Å². The zero-order chi connectivity index (χ0) is 8.43. The lowest BCUT2D eigenvalue weighted by atomic mass is 10.2. The van der Waals surface area contributed by atoms with Crippen LogP contribution in [-0.2, 0) is 5.33 Å². The Balaban J connectivity index is 3.21. The molecular formula is C7H4BrClF2. The fourth-order valence-corrected chi connectivity index (χ4v) is 1.28. The summed E-state index contributed by atoms with van der Waals surface area (Å²) in [6, 6.07) is 2.04. The second kappa shape index (κ2) is 3.50. The predicted octanol–water partition coefficient (Wildman–Crippen LogP) is 3.51. The molecule has 0 spiro atoms. The molecule has 1 aromatic carbocycles. The van der Waals surface area contributed by atoms with Crippen LogP contribution in [0.2, 0.25) is 5.02 Å². The Bertz CT molecular complexity index is 275. The summed E-state index contributed by atoms with van der Waals surface area (Å²) in [7, 11) is 0. The molecule has 1 aromatic rings. The molecule has 1 rings (SSSR count). The average molecular weight is 241 g/mol. The van der Waals surface area contributed by atoms with Crippen LogP contribution in [0.3, 0.4) is 0 Å². The Labute approximate surface area is 76.3 Å². The van der Waals surface area contributed by atoms with E-state index in [4.69, 9.17) is 11.6 Å². The maximum Gasteiger partial charge on any atom is 0.144 e. The van der Waals surface area contributed by atoms with E-state index in [0.29, 0.717) is 10.9 Å². The fourth-order valence-electron chi connectivity index (χ4n) is 0.666. The average Bonchev–Trinajstić information content (AvgIpc) is 1.97. The van der Waals surface area contributed by atoms with Crippen LogP contribution < -0.4 is 0 Å². The molecule has 0 aliphatic heterocycles. The van der Waals surface area contributed by atoms with E-state index in [9.17, 15) is 8.78 Å². The molecule has 0 aliphatic carbocycles. The van der Waals surface area contributed by atoms with Gasteiger partial charge in [0.1, 0.15) is 11.6 Å². The first-order valence-corrected chi connectivity index (χ1v) is 4.34.